The van der Waals surface area contributed by atoms with Crippen LogP contribution in [-0.2, 0) is 17.6 Å². The van der Waals surface area contributed by atoms with E-state index in [1.54, 1.807) is 0 Å². The Kier molecular flexibility index (Phi) is 6.42. The lowest BCUT2D eigenvalue weighted by Gasteiger charge is -2.43. The second kappa shape index (κ2) is 8.61. The molecular formula is C20H36N6O. The maximum Gasteiger partial charge on any atom is 0.191 e. The Balaban J connectivity index is 1.57. The van der Waals surface area contributed by atoms with Gasteiger partial charge in [0.1, 0.15) is 0 Å². The highest BCUT2D eigenvalue weighted by Crippen LogP contribution is 2.25. The van der Waals surface area contributed by atoms with Crippen LogP contribution in [0.5, 0.6) is 0 Å². The molecular weight excluding hydrogens is 340 g/mol. The van der Waals surface area contributed by atoms with E-state index in [-0.39, 0.29) is 5.54 Å². The largest absolute Gasteiger partial charge is 0.381 e. The maximum absolute atomic E-state index is 5.57. The molecule has 0 bridgehead atoms. The predicted molar refractivity (Wildman–Crippen MR) is 109 cm³/mol. The SMILES string of the molecule is CN=C(NCC1(N(C)C)CCOCC1)NC1CCc2cn(C(C)C)nc2C1. The van der Waals surface area contributed by atoms with Gasteiger partial charge in [0.2, 0.25) is 0 Å². The Morgan fingerprint density at radius 1 is 1.41 bits per heavy atom. The molecule has 152 valence electrons. The summed E-state index contributed by atoms with van der Waals surface area (Å²) in [6.07, 6.45) is 7.46. The highest BCUT2D eigenvalue weighted by Gasteiger charge is 2.35. The summed E-state index contributed by atoms with van der Waals surface area (Å²) in [5.41, 5.74) is 2.77. The van der Waals surface area contributed by atoms with Crippen LogP contribution in [-0.4, -0.2) is 73.1 Å². The molecule has 2 heterocycles. The van der Waals surface area contributed by atoms with Crippen LogP contribution in [0, 0.1) is 0 Å². The Labute approximate surface area is 163 Å². The van der Waals surface area contributed by atoms with Crippen molar-refractivity contribution >= 4 is 5.96 Å². The van der Waals surface area contributed by atoms with Crippen LogP contribution in [0.15, 0.2) is 11.2 Å². The highest BCUT2D eigenvalue weighted by atomic mass is 16.5. The van der Waals surface area contributed by atoms with Crippen molar-refractivity contribution in [3.05, 3.63) is 17.5 Å². The lowest BCUT2D eigenvalue weighted by molar-refractivity contribution is -0.00503. The van der Waals surface area contributed by atoms with Gasteiger partial charge in [-0.2, -0.15) is 5.10 Å². The second-order valence-electron chi connectivity index (χ2n) is 8.42. The normalized spacial score (nSPS) is 22.8. The van der Waals surface area contributed by atoms with E-state index in [2.05, 4.69) is 59.3 Å². The molecule has 0 aromatic carbocycles. The Hall–Kier alpha value is -1.60. The predicted octanol–water partition coefficient (Wildman–Crippen LogP) is 1.60. The van der Waals surface area contributed by atoms with Gasteiger partial charge in [-0.1, -0.05) is 0 Å². The van der Waals surface area contributed by atoms with Crippen molar-refractivity contribution in [3.63, 3.8) is 0 Å². The molecule has 7 heteroatoms. The summed E-state index contributed by atoms with van der Waals surface area (Å²) in [5.74, 6) is 0.888. The monoisotopic (exact) mass is 376 g/mol. The number of rotatable bonds is 5. The van der Waals surface area contributed by atoms with E-state index in [9.17, 15) is 0 Å². The topological polar surface area (TPSA) is 66.7 Å². The molecule has 7 nitrogen and oxygen atoms in total. The van der Waals surface area contributed by atoms with Gasteiger partial charge in [-0.05, 0) is 59.2 Å². The van der Waals surface area contributed by atoms with Crippen LogP contribution in [0.3, 0.4) is 0 Å². The summed E-state index contributed by atoms with van der Waals surface area (Å²) in [5, 5.41) is 12.0. The molecule has 0 radical (unpaired) electrons. The first-order valence-electron chi connectivity index (χ1n) is 10.2. The summed E-state index contributed by atoms with van der Waals surface area (Å²) < 4.78 is 7.66. The summed E-state index contributed by atoms with van der Waals surface area (Å²) in [4.78, 5) is 6.80. The number of guanidine groups is 1. The molecule has 1 aliphatic heterocycles. The van der Waals surface area contributed by atoms with E-state index in [1.807, 2.05) is 7.05 Å². The molecule has 2 N–H and O–H groups in total. The zero-order chi connectivity index (χ0) is 19.4. The quantitative estimate of drug-likeness (QED) is 0.604. The number of hydrogen-bond acceptors (Lipinski definition) is 4. The first kappa shape index (κ1) is 20.1. The summed E-state index contributed by atoms with van der Waals surface area (Å²) >= 11 is 0. The van der Waals surface area contributed by atoms with Crippen molar-refractivity contribution in [2.45, 2.75) is 63.6 Å². The highest BCUT2D eigenvalue weighted by molar-refractivity contribution is 5.80. The molecule has 0 amide bonds. The average Bonchev–Trinajstić information content (AvgIpc) is 3.09. The first-order chi connectivity index (χ1) is 12.9. The summed E-state index contributed by atoms with van der Waals surface area (Å²) in [6, 6.07) is 0.794. The van der Waals surface area contributed by atoms with Gasteiger partial charge < -0.3 is 20.3 Å². The number of hydrogen-bond donors (Lipinski definition) is 2. The zero-order valence-corrected chi connectivity index (χ0v) is 17.6. The third kappa shape index (κ3) is 4.63. The molecule has 1 aromatic heterocycles. The Morgan fingerprint density at radius 3 is 2.78 bits per heavy atom. The second-order valence-corrected chi connectivity index (χ2v) is 8.42. The van der Waals surface area contributed by atoms with E-state index in [4.69, 9.17) is 9.84 Å². The molecule has 2 aliphatic rings. The fourth-order valence-corrected chi connectivity index (χ4v) is 4.07. The van der Waals surface area contributed by atoms with Gasteiger partial charge in [-0.3, -0.25) is 9.67 Å². The van der Waals surface area contributed by atoms with Crippen LogP contribution in [0.2, 0.25) is 0 Å². The number of ether oxygens (including phenoxy) is 1. The Bertz CT molecular complexity index is 645. The lowest BCUT2D eigenvalue weighted by atomic mass is 9.88. The van der Waals surface area contributed by atoms with E-state index in [0.717, 1.165) is 57.8 Å². The molecule has 27 heavy (non-hydrogen) atoms. The van der Waals surface area contributed by atoms with Crippen molar-refractivity contribution in [2.75, 3.05) is 40.9 Å². The smallest absolute Gasteiger partial charge is 0.191 e. The van der Waals surface area contributed by atoms with Gasteiger partial charge >= 0.3 is 0 Å². The van der Waals surface area contributed by atoms with Gasteiger partial charge in [0, 0.05) is 57.0 Å². The van der Waals surface area contributed by atoms with E-state index >= 15 is 0 Å². The summed E-state index contributed by atoms with van der Waals surface area (Å²) in [7, 11) is 6.18. The van der Waals surface area contributed by atoms with Gasteiger partial charge in [-0.15, -0.1) is 0 Å². The minimum absolute atomic E-state index is 0.131. The van der Waals surface area contributed by atoms with Crippen molar-refractivity contribution in [1.29, 1.82) is 0 Å². The fourth-order valence-electron chi connectivity index (χ4n) is 4.07. The molecule has 1 aliphatic carbocycles. The number of aryl methyl sites for hydroxylation is 1. The van der Waals surface area contributed by atoms with Crippen molar-refractivity contribution < 1.29 is 4.74 Å². The maximum atomic E-state index is 5.57. The third-order valence-corrected chi connectivity index (χ3v) is 6.15. The Morgan fingerprint density at radius 2 is 2.15 bits per heavy atom. The van der Waals surface area contributed by atoms with Crippen LogP contribution in [0.4, 0.5) is 0 Å². The number of likely N-dealkylation sites (N-methyl/N-ethyl adjacent to an activating group) is 1. The molecule has 1 saturated heterocycles. The molecule has 1 aromatic rings. The van der Waals surface area contributed by atoms with E-state index in [0.29, 0.717) is 12.1 Å². The van der Waals surface area contributed by atoms with E-state index in [1.165, 1.54) is 11.3 Å². The molecule has 1 fully saturated rings. The number of fused-ring (bicyclic) bond motifs is 1. The number of aliphatic imine (C=N–C) groups is 1. The zero-order valence-electron chi connectivity index (χ0n) is 17.6. The minimum Gasteiger partial charge on any atom is -0.381 e. The van der Waals surface area contributed by atoms with Crippen molar-refractivity contribution in [3.8, 4) is 0 Å². The van der Waals surface area contributed by atoms with Crippen LogP contribution < -0.4 is 10.6 Å². The van der Waals surface area contributed by atoms with Gasteiger partial charge in [0.25, 0.3) is 0 Å². The van der Waals surface area contributed by atoms with Gasteiger partial charge in [0.15, 0.2) is 5.96 Å². The van der Waals surface area contributed by atoms with Crippen molar-refractivity contribution in [1.82, 2.24) is 25.3 Å². The van der Waals surface area contributed by atoms with E-state index < -0.39 is 0 Å². The van der Waals surface area contributed by atoms with Crippen LogP contribution in [0.1, 0.15) is 50.4 Å². The molecule has 1 unspecified atom stereocenters. The molecule has 1 atom stereocenters. The van der Waals surface area contributed by atoms with Crippen LogP contribution in [0.25, 0.3) is 0 Å². The third-order valence-electron chi connectivity index (χ3n) is 6.15. The van der Waals surface area contributed by atoms with Gasteiger partial charge in [-0.25, -0.2) is 0 Å². The molecule has 0 saturated carbocycles. The minimum atomic E-state index is 0.131. The average molecular weight is 377 g/mol. The standard InChI is InChI=1S/C20H36N6O/c1-15(2)26-13-16-6-7-17(12-18(16)24-26)23-19(21-3)22-14-20(25(4)5)8-10-27-11-9-20/h13,15,17H,6-12,14H2,1-5H3,(H2,21,22,23). The summed E-state index contributed by atoms with van der Waals surface area (Å²) in [6.45, 7) is 6.89. The number of nitrogens with zero attached hydrogens (tertiary/aromatic N) is 4. The van der Waals surface area contributed by atoms with Gasteiger partial charge in [0.05, 0.1) is 5.69 Å². The van der Waals surface area contributed by atoms with Crippen molar-refractivity contribution in [2.24, 2.45) is 4.99 Å². The fraction of sp³-hybridized carbons (Fsp3) is 0.800. The number of nitrogens with one attached hydrogen (secondary N) is 2. The first-order valence-corrected chi connectivity index (χ1v) is 10.2. The lowest BCUT2D eigenvalue weighted by Crippen LogP contribution is -2.58. The molecule has 3 rings (SSSR count). The van der Waals surface area contributed by atoms with Crippen LogP contribution >= 0.6 is 0 Å². The number of aromatic nitrogens is 2. The molecule has 0 spiro atoms.